The monoisotopic (exact) mass is 205 g/mol. The van der Waals surface area contributed by atoms with E-state index in [-0.39, 0.29) is 0 Å². The average Bonchev–Trinajstić information content (AvgIpc) is 2.31. The lowest BCUT2D eigenvalue weighted by Crippen LogP contribution is -2.30. The van der Waals surface area contributed by atoms with Gasteiger partial charge in [0.2, 0.25) is 0 Å². The van der Waals surface area contributed by atoms with Crippen molar-refractivity contribution in [3.63, 3.8) is 0 Å². The van der Waals surface area contributed by atoms with Crippen LogP contribution in [0.5, 0.6) is 0 Å². The molecule has 15 heavy (non-hydrogen) atoms. The normalized spacial score (nSPS) is 21.5. The van der Waals surface area contributed by atoms with E-state index in [0.29, 0.717) is 0 Å². The van der Waals surface area contributed by atoms with E-state index in [9.17, 15) is 0 Å². The zero-order valence-electron chi connectivity index (χ0n) is 9.37. The second-order valence-corrected chi connectivity index (χ2v) is 4.28. The van der Waals surface area contributed by atoms with Gasteiger partial charge in [-0.3, -0.25) is 0 Å². The van der Waals surface area contributed by atoms with Crippen molar-refractivity contribution in [3.8, 4) is 0 Å². The van der Waals surface area contributed by atoms with Crippen LogP contribution in [-0.4, -0.2) is 23.1 Å². The van der Waals surface area contributed by atoms with Gasteiger partial charge in [0.25, 0.3) is 0 Å². The molecule has 0 amide bonds. The highest BCUT2D eigenvalue weighted by atomic mass is 14.9. The molecule has 1 atom stereocenters. The zero-order chi connectivity index (χ0) is 10.5. The third-order valence-electron chi connectivity index (χ3n) is 3.00. The fourth-order valence-electron chi connectivity index (χ4n) is 2.10. The number of hydrogen-bond donors (Lipinski definition) is 1. The molecule has 3 nitrogen and oxygen atoms in total. The molecular weight excluding hydrogens is 186 g/mol. The number of nitrogens with one attached hydrogen (secondary N) is 1. The quantitative estimate of drug-likeness (QED) is 0.814. The van der Waals surface area contributed by atoms with E-state index >= 15 is 0 Å². The van der Waals surface area contributed by atoms with E-state index < -0.39 is 0 Å². The maximum absolute atomic E-state index is 4.33. The predicted octanol–water partition coefficient (Wildman–Crippen LogP) is 1.58. The summed E-state index contributed by atoms with van der Waals surface area (Å²) in [5, 5.41) is 3.44. The first kappa shape index (κ1) is 10.6. The molecule has 0 radical (unpaired) electrons. The summed E-state index contributed by atoms with van der Waals surface area (Å²) in [6.45, 7) is 4.41. The molecule has 1 aromatic rings. The Hall–Kier alpha value is -0.960. The molecule has 3 heteroatoms. The Morgan fingerprint density at radius 1 is 1.40 bits per heavy atom. The molecule has 82 valence electrons. The van der Waals surface area contributed by atoms with Gasteiger partial charge in [0.1, 0.15) is 5.82 Å². The van der Waals surface area contributed by atoms with E-state index in [0.717, 1.165) is 31.1 Å². The molecule has 0 aromatic carbocycles. The van der Waals surface area contributed by atoms with Crippen molar-refractivity contribution in [2.24, 2.45) is 5.92 Å². The van der Waals surface area contributed by atoms with Crippen molar-refractivity contribution in [1.82, 2.24) is 15.3 Å². The minimum Gasteiger partial charge on any atom is -0.316 e. The highest BCUT2D eigenvalue weighted by Gasteiger charge is 2.13. The van der Waals surface area contributed by atoms with Crippen LogP contribution in [0, 0.1) is 5.92 Å². The van der Waals surface area contributed by atoms with Gasteiger partial charge in [-0.1, -0.05) is 6.92 Å². The van der Waals surface area contributed by atoms with Gasteiger partial charge in [0, 0.05) is 18.8 Å². The van der Waals surface area contributed by atoms with Gasteiger partial charge in [-0.05, 0) is 43.8 Å². The smallest absolute Gasteiger partial charge is 0.127 e. The number of piperidine rings is 1. The summed E-state index contributed by atoms with van der Waals surface area (Å²) in [6, 6.07) is 0. The Balaban J connectivity index is 1.91. The molecule has 1 saturated heterocycles. The van der Waals surface area contributed by atoms with Crippen LogP contribution < -0.4 is 5.32 Å². The zero-order valence-corrected chi connectivity index (χ0v) is 9.37. The van der Waals surface area contributed by atoms with Gasteiger partial charge in [-0.25, -0.2) is 9.97 Å². The Kier molecular flexibility index (Phi) is 3.67. The van der Waals surface area contributed by atoms with Gasteiger partial charge < -0.3 is 5.32 Å². The van der Waals surface area contributed by atoms with E-state index in [1.165, 1.54) is 24.9 Å². The highest BCUT2D eigenvalue weighted by Crippen LogP contribution is 2.15. The first-order valence-corrected chi connectivity index (χ1v) is 5.89. The van der Waals surface area contributed by atoms with Crippen molar-refractivity contribution in [2.75, 3.05) is 13.1 Å². The van der Waals surface area contributed by atoms with Crippen molar-refractivity contribution in [1.29, 1.82) is 0 Å². The molecule has 1 aliphatic rings. The molecule has 0 saturated carbocycles. The Morgan fingerprint density at radius 2 is 2.20 bits per heavy atom. The van der Waals surface area contributed by atoms with Crippen LogP contribution in [-0.2, 0) is 12.8 Å². The fourth-order valence-corrected chi connectivity index (χ4v) is 2.10. The molecule has 0 aliphatic carbocycles. The summed E-state index contributed by atoms with van der Waals surface area (Å²) >= 11 is 0. The lowest BCUT2D eigenvalue weighted by atomic mass is 9.93. The summed E-state index contributed by atoms with van der Waals surface area (Å²) in [4.78, 5) is 8.66. The number of rotatable bonds is 3. The van der Waals surface area contributed by atoms with E-state index in [1.54, 1.807) is 0 Å². The second-order valence-electron chi connectivity index (χ2n) is 4.28. The van der Waals surface area contributed by atoms with Gasteiger partial charge in [-0.2, -0.15) is 0 Å². The lowest BCUT2D eigenvalue weighted by Gasteiger charge is -2.22. The maximum atomic E-state index is 4.33. The number of aromatic nitrogens is 2. The van der Waals surface area contributed by atoms with Gasteiger partial charge in [0.15, 0.2) is 0 Å². The molecule has 1 fully saturated rings. The van der Waals surface area contributed by atoms with Crippen molar-refractivity contribution in [3.05, 3.63) is 23.8 Å². The molecule has 1 unspecified atom stereocenters. The predicted molar refractivity (Wildman–Crippen MR) is 60.7 cm³/mol. The van der Waals surface area contributed by atoms with Crippen LogP contribution in [0.15, 0.2) is 12.4 Å². The SMILES string of the molecule is CCc1ncc(CC2CCCNC2)cn1. The van der Waals surface area contributed by atoms with Crippen LogP contribution in [0.25, 0.3) is 0 Å². The van der Waals surface area contributed by atoms with Gasteiger partial charge >= 0.3 is 0 Å². The van der Waals surface area contributed by atoms with Crippen molar-refractivity contribution in [2.45, 2.75) is 32.6 Å². The Labute approximate surface area is 91.3 Å². The molecule has 2 heterocycles. The third kappa shape index (κ3) is 2.99. The van der Waals surface area contributed by atoms with E-state index in [4.69, 9.17) is 0 Å². The van der Waals surface area contributed by atoms with Crippen LogP contribution in [0.1, 0.15) is 31.2 Å². The lowest BCUT2D eigenvalue weighted by molar-refractivity contribution is 0.375. The largest absolute Gasteiger partial charge is 0.316 e. The summed E-state index contributed by atoms with van der Waals surface area (Å²) in [7, 11) is 0. The average molecular weight is 205 g/mol. The van der Waals surface area contributed by atoms with Crippen molar-refractivity contribution >= 4 is 0 Å². The topological polar surface area (TPSA) is 37.8 Å². The van der Waals surface area contributed by atoms with Crippen LogP contribution in [0.3, 0.4) is 0 Å². The highest BCUT2D eigenvalue weighted by molar-refractivity contribution is 5.06. The van der Waals surface area contributed by atoms with Gasteiger partial charge in [0.05, 0.1) is 0 Å². The molecule has 2 rings (SSSR count). The molecule has 1 aromatic heterocycles. The molecule has 1 aliphatic heterocycles. The minimum atomic E-state index is 0.773. The first-order valence-electron chi connectivity index (χ1n) is 5.89. The van der Waals surface area contributed by atoms with Crippen LogP contribution >= 0.6 is 0 Å². The summed E-state index contributed by atoms with van der Waals surface area (Å²) < 4.78 is 0. The molecule has 0 bridgehead atoms. The van der Waals surface area contributed by atoms with Crippen LogP contribution in [0.2, 0.25) is 0 Å². The van der Waals surface area contributed by atoms with Crippen molar-refractivity contribution < 1.29 is 0 Å². The summed E-state index contributed by atoms with van der Waals surface area (Å²) in [5.74, 6) is 1.72. The standard InChI is InChI=1S/C12H19N3/c1-2-12-14-8-11(9-15-12)6-10-4-3-5-13-7-10/h8-10,13H,2-7H2,1H3. The summed E-state index contributed by atoms with van der Waals surface area (Å²) in [5.41, 5.74) is 1.28. The van der Waals surface area contributed by atoms with E-state index in [1.807, 2.05) is 12.4 Å². The third-order valence-corrected chi connectivity index (χ3v) is 3.00. The van der Waals surface area contributed by atoms with Gasteiger partial charge in [-0.15, -0.1) is 0 Å². The minimum absolute atomic E-state index is 0.773. The number of nitrogens with zero attached hydrogens (tertiary/aromatic N) is 2. The Morgan fingerprint density at radius 3 is 2.80 bits per heavy atom. The Bertz CT molecular complexity index is 288. The first-order chi connectivity index (χ1) is 7.38. The van der Waals surface area contributed by atoms with E-state index in [2.05, 4.69) is 22.2 Å². The number of hydrogen-bond acceptors (Lipinski definition) is 3. The fraction of sp³-hybridized carbons (Fsp3) is 0.667. The summed E-state index contributed by atoms with van der Waals surface area (Å²) in [6.07, 6.45) is 8.66. The molecule has 0 spiro atoms. The van der Waals surface area contributed by atoms with Crippen LogP contribution in [0.4, 0.5) is 0 Å². The number of aryl methyl sites for hydroxylation is 1. The maximum Gasteiger partial charge on any atom is 0.127 e. The molecular formula is C12H19N3. The molecule has 1 N–H and O–H groups in total. The second kappa shape index (κ2) is 5.21.